The molecule has 0 aromatic rings. The van der Waals surface area contributed by atoms with E-state index >= 15 is 0 Å². The van der Waals surface area contributed by atoms with E-state index in [2.05, 4.69) is 44.7 Å². The summed E-state index contributed by atoms with van der Waals surface area (Å²) in [7, 11) is 0. The van der Waals surface area contributed by atoms with Gasteiger partial charge in [0, 0.05) is 0 Å². The van der Waals surface area contributed by atoms with Crippen LogP contribution in [0.25, 0.3) is 0 Å². The van der Waals surface area contributed by atoms with Crippen molar-refractivity contribution in [3.8, 4) is 0 Å². The molecule has 0 N–H and O–H groups in total. The lowest BCUT2D eigenvalue weighted by Crippen LogP contribution is -1.91. The maximum absolute atomic E-state index is 3.26. The minimum atomic E-state index is 0.596. The molecule has 0 aromatic carbocycles. The van der Waals surface area contributed by atoms with Crippen molar-refractivity contribution in [1.82, 2.24) is 0 Å². The summed E-state index contributed by atoms with van der Waals surface area (Å²) in [6, 6.07) is 0. The second kappa shape index (κ2) is 7.41. The first-order valence-corrected chi connectivity index (χ1v) is 5.28. The average Bonchev–Trinajstić information content (AvgIpc) is 2.03. The third kappa shape index (κ3) is 6.51. The van der Waals surface area contributed by atoms with Gasteiger partial charge < -0.3 is 0 Å². The van der Waals surface area contributed by atoms with Gasteiger partial charge in [0.25, 0.3) is 0 Å². The van der Waals surface area contributed by atoms with Gasteiger partial charge in [0.15, 0.2) is 0 Å². The predicted molar refractivity (Wildman–Crippen MR) is 65.3 cm³/mol. The summed E-state index contributed by atoms with van der Waals surface area (Å²) in [5.74, 6) is 0.596. The van der Waals surface area contributed by atoms with Crippen LogP contribution in [0.2, 0.25) is 0 Å². The maximum Gasteiger partial charge on any atom is -0.00613 e. The fourth-order valence-corrected chi connectivity index (χ4v) is 1.54. The first kappa shape index (κ1) is 13.0. The molecule has 78 valence electrons. The normalized spacial score (nSPS) is 12.1. The Morgan fingerprint density at radius 1 is 1.29 bits per heavy atom. The van der Waals surface area contributed by atoms with E-state index in [-0.39, 0.29) is 0 Å². The van der Waals surface area contributed by atoms with E-state index in [1.165, 1.54) is 11.1 Å². The molecular formula is C14H22. The van der Waals surface area contributed by atoms with E-state index in [9.17, 15) is 0 Å². The fraction of sp³-hybridized carbons (Fsp3) is 0.500. The summed E-state index contributed by atoms with van der Waals surface area (Å²) in [5, 5.41) is 0. The topological polar surface area (TPSA) is 0 Å². The molecule has 0 rings (SSSR count). The largest absolute Gasteiger partial charge is 0.122 e. The molecule has 14 heavy (non-hydrogen) atoms. The number of rotatable bonds is 4. The van der Waals surface area contributed by atoms with Crippen LogP contribution in [-0.2, 0) is 0 Å². The van der Waals surface area contributed by atoms with Crippen LogP contribution in [0.3, 0.4) is 0 Å². The Labute approximate surface area is 88.7 Å². The van der Waals surface area contributed by atoms with E-state index in [0.717, 1.165) is 6.42 Å². The van der Waals surface area contributed by atoms with Crippen LogP contribution in [0.4, 0.5) is 0 Å². The quantitative estimate of drug-likeness (QED) is 0.344. The summed E-state index contributed by atoms with van der Waals surface area (Å²) in [6.45, 7) is 10.6. The number of hydrogen-bond donors (Lipinski definition) is 0. The molecule has 0 aliphatic heterocycles. The minimum absolute atomic E-state index is 0.596. The molecule has 0 fully saturated rings. The Morgan fingerprint density at radius 2 is 1.93 bits per heavy atom. The van der Waals surface area contributed by atoms with Crippen LogP contribution in [0, 0.1) is 5.92 Å². The van der Waals surface area contributed by atoms with Gasteiger partial charge in [0.05, 0.1) is 0 Å². The van der Waals surface area contributed by atoms with Gasteiger partial charge in [-0.1, -0.05) is 30.7 Å². The van der Waals surface area contributed by atoms with Crippen molar-refractivity contribution in [2.24, 2.45) is 5.92 Å². The average molecular weight is 190 g/mol. The van der Waals surface area contributed by atoms with Gasteiger partial charge in [-0.05, 0) is 51.7 Å². The van der Waals surface area contributed by atoms with Gasteiger partial charge in [-0.25, -0.2) is 0 Å². The first-order valence-electron chi connectivity index (χ1n) is 5.28. The lowest BCUT2D eigenvalue weighted by atomic mass is 9.99. The van der Waals surface area contributed by atoms with E-state index in [4.69, 9.17) is 0 Å². The lowest BCUT2D eigenvalue weighted by Gasteiger charge is -2.06. The van der Waals surface area contributed by atoms with Crippen molar-refractivity contribution in [2.45, 2.75) is 41.0 Å². The second-order valence-corrected chi connectivity index (χ2v) is 3.88. The van der Waals surface area contributed by atoms with Crippen molar-refractivity contribution in [3.05, 3.63) is 41.2 Å². The Balaban J connectivity index is 4.47. The summed E-state index contributed by atoms with van der Waals surface area (Å²) >= 11 is 0. The molecule has 1 atom stereocenters. The van der Waals surface area contributed by atoms with Crippen LogP contribution in [0.1, 0.15) is 41.0 Å². The Kier molecular flexibility index (Phi) is 6.88. The highest BCUT2D eigenvalue weighted by Crippen LogP contribution is 2.14. The molecule has 0 spiro atoms. The zero-order valence-electron chi connectivity index (χ0n) is 10.1. The Bertz CT molecular complexity index is 266. The number of allylic oxidation sites excluding steroid dienone is 5. The highest BCUT2D eigenvalue weighted by molar-refractivity contribution is 5.19. The van der Waals surface area contributed by atoms with E-state index in [0.29, 0.717) is 5.92 Å². The number of hydrogen-bond acceptors (Lipinski definition) is 0. The summed E-state index contributed by atoms with van der Waals surface area (Å²) in [4.78, 5) is 0. The summed E-state index contributed by atoms with van der Waals surface area (Å²) < 4.78 is 0. The molecule has 0 aliphatic carbocycles. The summed E-state index contributed by atoms with van der Waals surface area (Å²) in [5.41, 5.74) is 5.93. The van der Waals surface area contributed by atoms with Crippen molar-refractivity contribution >= 4 is 0 Å². The molecule has 0 bridgehead atoms. The minimum Gasteiger partial charge on any atom is -0.122 e. The van der Waals surface area contributed by atoms with Crippen molar-refractivity contribution in [2.75, 3.05) is 0 Å². The van der Waals surface area contributed by atoms with Gasteiger partial charge in [-0.2, -0.15) is 0 Å². The Morgan fingerprint density at radius 3 is 2.36 bits per heavy atom. The molecule has 0 aliphatic rings. The molecular weight excluding hydrogens is 168 g/mol. The van der Waals surface area contributed by atoms with Gasteiger partial charge in [0.2, 0.25) is 0 Å². The van der Waals surface area contributed by atoms with Crippen molar-refractivity contribution in [3.63, 3.8) is 0 Å². The van der Waals surface area contributed by atoms with Crippen molar-refractivity contribution in [1.29, 1.82) is 0 Å². The highest BCUT2D eigenvalue weighted by Gasteiger charge is 1.99. The van der Waals surface area contributed by atoms with E-state index in [1.807, 2.05) is 19.9 Å². The SMILES string of the molecule is CC=C=C(C=CC)CC(C)C=C(C)C. The van der Waals surface area contributed by atoms with Crippen molar-refractivity contribution < 1.29 is 0 Å². The molecule has 1 unspecified atom stereocenters. The summed E-state index contributed by atoms with van der Waals surface area (Å²) in [6.07, 6.45) is 9.56. The second-order valence-electron chi connectivity index (χ2n) is 3.88. The molecule has 0 heterocycles. The maximum atomic E-state index is 3.26. The Hall–Kier alpha value is -1.00. The zero-order chi connectivity index (χ0) is 11.0. The van der Waals surface area contributed by atoms with Crippen LogP contribution in [0.5, 0.6) is 0 Å². The molecule has 0 amide bonds. The predicted octanol–water partition coefficient (Wildman–Crippen LogP) is 4.66. The molecule has 0 heteroatoms. The van der Waals surface area contributed by atoms with Crippen LogP contribution in [0.15, 0.2) is 41.2 Å². The molecule has 0 saturated heterocycles. The van der Waals surface area contributed by atoms with Crippen LogP contribution < -0.4 is 0 Å². The third-order valence-corrected chi connectivity index (χ3v) is 1.86. The molecule has 0 saturated carbocycles. The zero-order valence-corrected chi connectivity index (χ0v) is 10.1. The third-order valence-electron chi connectivity index (χ3n) is 1.86. The van der Waals surface area contributed by atoms with Gasteiger partial charge in [-0.3, -0.25) is 0 Å². The molecule has 0 aromatic heterocycles. The highest BCUT2D eigenvalue weighted by atomic mass is 14.0. The smallest absolute Gasteiger partial charge is 0.00613 e. The standard InChI is InChI=1S/C14H22/c1-6-8-14(9-7-2)11-13(5)10-12(3)4/h6-8,10,13H,11H2,1-5H3. The van der Waals surface area contributed by atoms with Gasteiger partial charge >= 0.3 is 0 Å². The van der Waals surface area contributed by atoms with E-state index < -0.39 is 0 Å². The van der Waals surface area contributed by atoms with Crippen LogP contribution in [-0.4, -0.2) is 0 Å². The monoisotopic (exact) mass is 190 g/mol. The van der Waals surface area contributed by atoms with Gasteiger partial charge in [-0.15, -0.1) is 5.73 Å². The van der Waals surface area contributed by atoms with Crippen LogP contribution >= 0.6 is 0 Å². The molecule has 0 radical (unpaired) electrons. The molecule has 0 nitrogen and oxygen atoms in total. The fourth-order valence-electron chi connectivity index (χ4n) is 1.54. The van der Waals surface area contributed by atoms with Gasteiger partial charge in [0.1, 0.15) is 0 Å². The first-order chi connectivity index (χ1) is 6.60. The van der Waals surface area contributed by atoms with E-state index in [1.54, 1.807) is 0 Å². The lowest BCUT2D eigenvalue weighted by molar-refractivity contribution is 0.721.